The van der Waals surface area contributed by atoms with Crippen molar-refractivity contribution in [2.75, 3.05) is 7.11 Å². The highest BCUT2D eigenvalue weighted by atomic mass is 16.5. The molecule has 0 fully saturated rings. The first kappa shape index (κ1) is 13.0. The fraction of sp³-hybridized carbons (Fsp3) is 0.467. The monoisotopic (exact) mass is 247 g/mol. The molecule has 0 heterocycles. The van der Waals surface area contributed by atoms with Gasteiger partial charge in [-0.05, 0) is 54.5 Å². The van der Waals surface area contributed by atoms with Crippen LogP contribution in [0.3, 0.4) is 0 Å². The number of allylic oxidation sites excluding steroid dienone is 1. The van der Waals surface area contributed by atoms with Crippen LogP contribution in [0, 0.1) is 0 Å². The molecule has 0 bridgehead atoms. The molecule has 1 unspecified atom stereocenters. The quantitative estimate of drug-likeness (QED) is 0.785. The van der Waals surface area contributed by atoms with Crippen molar-refractivity contribution in [3.8, 4) is 5.75 Å². The topological polar surface area (TPSA) is 55.5 Å². The number of phenols is 1. The molecule has 1 aromatic carbocycles. The first-order valence-corrected chi connectivity index (χ1v) is 6.41. The zero-order chi connectivity index (χ0) is 13.1. The number of aromatic hydroxyl groups is 1. The van der Waals surface area contributed by atoms with Gasteiger partial charge in [0.1, 0.15) is 5.75 Å². The molecule has 98 valence electrons. The highest BCUT2D eigenvalue weighted by Crippen LogP contribution is 2.30. The SMILES string of the molecule is C=C(CCCc1cc(O)cc2c1CC(N)C2)OC. The Morgan fingerprint density at radius 3 is 3.00 bits per heavy atom. The van der Waals surface area contributed by atoms with Gasteiger partial charge in [-0.25, -0.2) is 0 Å². The van der Waals surface area contributed by atoms with E-state index in [1.165, 1.54) is 16.7 Å². The van der Waals surface area contributed by atoms with E-state index in [0.717, 1.165) is 37.9 Å². The Hall–Kier alpha value is -1.48. The van der Waals surface area contributed by atoms with Crippen molar-refractivity contribution in [1.82, 2.24) is 0 Å². The molecule has 1 aromatic rings. The molecule has 1 aliphatic rings. The first-order chi connectivity index (χ1) is 8.60. The molecule has 0 aliphatic heterocycles. The van der Waals surface area contributed by atoms with Gasteiger partial charge in [0.25, 0.3) is 0 Å². The summed E-state index contributed by atoms with van der Waals surface area (Å²) in [4.78, 5) is 0. The van der Waals surface area contributed by atoms with Crippen molar-refractivity contribution in [3.63, 3.8) is 0 Å². The third-order valence-corrected chi connectivity index (χ3v) is 3.56. The predicted octanol–water partition coefficient (Wildman–Crippen LogP) is 2.30. The molecule has 3 heteroatoms. The Balaban J connectivity index is 2.07. The van der Waals surface area contributed by atoms with Crippen LogP contribution in [0.1, 0.15) is 29.5 Å². The van der Waals surface area contributed by atoms with E-state index in [1.54, 1.807) is 7.11 Å². The maximum absolute atomic E-state index is 9.74. The summed E-state index contributed by atoms with van der Waals surface area (Å²) in [5, 5.41) is 9.74. The number of hydrogen-bond donors (Lipinski definition) is 2. The second kappa shape index (κ2) is 5.44. The Labute approximate surface area is 108 Å². The molecule has 0 saturated carbocycles. The van der Waals surface area contributed by atoms with Crippen molar-refractivity contribution in [1.29, 1.82) is 0 Å². The molecule has 0 spiro atoms. The van der Waals surface area contributed by atoms with Gasteiger partial charge in [0, 0.05) is 12.5 Å². The summed E-state index contributed by atoms with van der Waals surface area (Å²) in [6.07, 6.45) is 4.58. The third kappa shape index (κ3) is 2.85. The molecular formula is C15H21NO2. The normalized spacial score (nSPS) is 17.6. The summed E-state index contributed by atoms with van der Waals surface area (Å²) in [5.74, 6) is 1.16. The van der Waals surface area contributed by atoms with Gasteiger partial charge in [-0.2, -0.15) is 0 Å². The van der Waals surface area contributed by atoms with Crippen molar-refractivity contribution >= 4 is 0 Å². The summed E-state index contributed by atoms with van der Waals surface area (Å²) in [6, 6.07) is 3.92. The van der Waals surface area contributed by atoms with Crippen molar-refractivity contribution in [2.45, 2.75) is 38.1 Å². The van der Waals surface area contributed by atoms with E-state index < -0.39 is 0 Å². The molecule has 0 radical (unpaired) electrons. The Morgan fingerprint density at radius 2 is 2.28 bits per heavy atom. The van der Waals surface area contributed by atoms with Gasteiger partial charge in [-0.15, -0.1) is 0 Å². The number of aryl methyl sites for hydroxylation is 1. The van der Waals surface area contributed by atoms with E-state index in [4.69, 9.17) is 10.5 Å². The second-order valence-electron chi connectivity index (χ2n) is 5.01. The average molecular weight is 247 g/mol. The highest BCUT2D eigenvalue weighted by molar-refractivity contribution is 5.45. The lowest BCUT2D eigenvalue weighted by Crippen LogP contribution is -2.19. The van der Waals surface area contributed by atoms with Crippen LogP contribution < -0.4 is 5.73 Å². The number of rotatable bonds is 5. The Kier molecular flexibility index (Phi) is 3.92. The zero-order valence-electron chi connectivity index (χ0n) is 10.9. The first-order valence-electron chi connectivity index (χ1n) is 6.41. The maximum Gasteiger partial charge on any atom is 0.116 e. The predicted molar refractivity (Wildman–Crippen MR) is 72.6 cm³/mol. The average Bonchev–Trinajstić information content (AvgIpc) is 2.69. The van der Waals surface area contributed by atoms with Crippen LogP contribution in [0.2, 0.25) is 0 Å². The van der Waals surface area contributed by atoms with Gasteiger partial charge in [0.15, 0.2) is 0 Å². The number of hydrogen-bond acceptors (Lipinski definition) is 3. The molecule has 18 heavy (non-hydrogen) atoms. The molecule has 0 amide bonds. The summed E-state index contributed by atoms with van der Waals surface area (Å²) in [6.45, 7) is 3.81. The number of ether oxygens (including phenoxy) is 1. The van der Waals surface area contributed by atoms with Crippen LogP contribution in [0.5, 0.6) is 5.75 Å². The van der Waals surface area contributed by atoms with E-state index in [9.17, 15) is 5.11 Å². The smallest absolute Gasteiger partial charge is 0.116 e. The molecule has 3 N–H and O–H groups in total. The molecule has 2 rings (SSSR count). The summed E-state index contributed by atoms with van der Waals surface area (Å²) in [7, 11) is 1.65. The van der Waals surface area contributed by atoms with Crippen molar-refractivity contribution < 1.29 is 9.84 Å². The van der Waals surface area contributed by atoms with Gasteiger partial charge in [0.2, 0.25) is 0 Å². The minimum Gasteiger partial charge on any atom is -0.508 e. The number of nitrogens with two attached hydrogens (primary N) is 1. The van der Waals surface area contributed by atoms with Gasteiger partial charge >= 0.3 is 0 Å². The Bertz CT molecular complexity index is 454. The van der Waals surface area contributed by atoms with E-state index in [-0.39, 0.29) is 6.04 Å². The molecular weight excluding hydrogens is 226 g/mol. The summed E-state index contributed by atoms with van der Waals surface area (Å²) in [5.41, 5.74) is 9.76. The van der Waals surface area contributed by atoms with E-state index >= 15 is 0 Å². The van der Waals surface area contributed by atoms with Crippen LogP contribution >= 0.6 is 0 Å². The molecule has 0 saturated heterocycles. The Morgan fingerprint density at radius 1 is 1.50 bits per heavy atom. The van der Waals surface area contributed by atoms with Crippen LogP contribution in [0.25, 0.3) is 0 Å². The fourth-order valence-electron chi connectivity index (χ4n) is 2.64. The number of methoxy groups -OCH3 is 1. The van der Waals surface area contributed by atoms with E-state index in [2.05, 4.69) is 6.58 Å². The van der Waals surface area contributed by atoms with Gasteiger partial charge < -0.3 is 15.6 Å². The molecule has 3 nitrogen and oxygen atoms in total. The highest BCUT2D eigenvalue weighted by Gasteiger charge is 2.21. The number of fused-ring (bicyclic) bond motifs is 1. The second-order valence-corrected chi connectivity index (χ2v) is 5.01. The minimum absolute atomic E-state index is 0.203. The van der Waals surface area contributed by atoms with Crippen LogP contribution in [0.15, 0.2) is 24.5 Å². The summed E-state index contributed by atoms with van der Waals surface area (Å²) >= 11 is 0. The van der Waals surface area contributed by atoms with E-state index in [0.29, 0.717) is 5.75 Å². The van der Waals surface area contributed by atoms with Gasteiger partial charge in [-0.3, -0.25) is 0 Å². The molecule has 1 aliphatic carbocycles. The lowest BCUT2D eigenvalue weighted by Gasteiger charge is -2.10. The lowest BCUT2D eigenvalue weighted by atomic mass is 9.98. The minimum atomic E-state index is 0.203. The van der Waals surface area contributed by atoms with Gasteiger partial charge in [-0.1, -0.05) is 6.58 Å². The number of phenolic OH excluding ortho intramolecular Hbond substituents is 1. The third-order valence-electron chi connectivity index (χ3n) is 3.56. The molecule has 1 atom stereocenters. The van der Waals surface area contributed by atoms with Crippen LogP contribution in [-0.4, -0.2) is 18.3 Å². The number of benzene rings is 1. The van der Waals surface area contributed by atoms with Gasteiger partial charge in [0.05, 0.1) is 12.9 Å². The van der Waals surface area contributed by atoms with Crippen molar-refractivity contribution in [2.24, 2.45) is 5.73 Å². The maximum atomic E-state index is 9.74. The summed E-state index contributed by atoms with van der Waals surface area (Å²) < 4.78 is 5.06. The largest absolute Gasteiger partial charge is 0.508 e. The lowest BCUT2D eigenvalue weighted by molar-refractivity contribution is 0.277. The molecule has 0 aromatic heterocycles. The standard InChI is InChI=1S/C15H21NO2/c1-10(18-2)4-3-5-11-7-14(17)8-12-6-13(16)9-15(11)12/h7-8,13,17H,1,3-6,9,16H2,2H3. The van der Waals surface area contributed by atoms with E-state index in [1.807, 2.05) is 12.1 Å². The zero-order valence-corrected chi connectivity index (χ0v) is 10.9. The fourth-order valence-corrected chi connectivity index (χ4v) is 2.64. The van der Waals surface area contributed by atoms with Crippen LogP contribution in [-0.2, 0) is 24.0 Å². The van der Waals surface area contributed by atoms with Crippen LogP contribution in [0.4, 0.5) is 0 Å². The van der Waals surface area contributed by atoms with Crippen molar-refractivity contribution in [3.05, 3.63) is 41.2 Å².